The van der Waals surface area contributed by atoms with E-state index >= 15 is 0 Å². The molecule has 20 heavy (non-hydrogen) atoms. The van der Waals surface area contributed by atoms with Gasteiger partial charge in [-0.25, -0.2) is 0 Å². The second-order valence-corrected chi connectivity index (χ2v) is 4.78. The van der Waals surface area contributed by atoms with Crippen molar-refractivity contribution < 1.29 is 23.9 Å². The van der Waals surface area contributed by atoms with Crippen molar-refractivity contribution >= 4 is 17.8 Å². The number of likely N-dealkylation sites (tertiary alicyclic amines) is 1. The monoisotopic (exact) mass is 281 g/mol. The van der Waals surface area contributed by atoms with E-state index in [9.17, 15) is 14.4 Å². The molecule has 2 rings (SSSR count). The lowest BCUT2D eigenvalue weighted by atomic mass is 10.0. The van der Waals surface area contributed by atoms with Crippen LogP contribution in [-0.4, -0.2) is 53.0 Å². The van der Waals surface area contributed by atoms with Gasteiger partial charge in [-0.05, 0) is 18.6 Å². The van der Waals surface area contributed by atoms with Gasteiger partial charge >= 0.3 is 5.97 Å². The van der Waals surface area contributed by atoms with Gasteiger partial charge < -0.3 is 15.3 Å². The van der Waals surface area contributed by atoms with Crippen LogP contribution in [0.25, 0.3) is 0 Å². The van der Waals surface area contributed by atoms with E-state index in [1.54, 1.807) is 4.90 Å². The van der Waals surface area contributed by atoms with E-state index in [1.165, 1.54) is 18.4 Å². The van der Waals surface area contributed by atoms with Crippen LogP contribution >= 0.6 is 0 Å². The van der Waals surface area contributed by atoms with Gasteiger partial charge in [-0.1, -0.05) is 0 Å². The van der Waals surface area contributed by atoms with Crippen molar-refractivity contribution in [3.63, 3.8) is 0 Å². The maximum absolute atomic E-state index is 11.7. The highest BCUT2D eigenvalue weighted by molar-refractivity contribution is 6.03. The molecule has 2 heterocycles. The highest BCUT2D eigenvalue weighted by Gasteiger charge is 2.41. The fourth-order valence-corrected chi connectivity index (χ4v) is 2.06. The molecule has 1 unspecified atom stereocenters. The van der Waals surface area contributed by atoms with Crippen LogP contribution in [0, 0.1) is 0 Å². The normalized spacial score (nSPS) is 22.6. The van der Waals surface area contributed by atoms with Gasteiger partial charge in [0.05, 0.1) is 12.8 Å². The Labute approximate surface area is 114 Å². The first kappa shape index (κ1) is 14.2. The van der Waals surface area contributed by atoms with Gasteiger partial charge in [0.25, 0.3) is 5.91 Å². The minimum absolute atomic E-state index is 0.0403. The maximum Gasteiger partial charge on any atom is 0.325 e. The predicted octanol–water partition coefficient (Wildman–Crippen LogP) is -0.976. The molecule has 1 atom stereocenters. The molecule has 0 saturated carbocycles. The first-order chi connectivity index (χ1) is 9.40. The Morgan fingerprint density at radius 2 is 2.25 bits per heavy atom. The Hall–Kier alpha value is -2.19. The zero-order valence-corrected chi connectivity index (χ0v) is 10.7. The lowest BCUT2D eigenvalue weighted by molar-refractivity contribution is -0.143. The number of nitrogens with one attached hydrogen (secondary N) is 1. The second-order valence-electron chi connectivity index (χ2n) is 4.78. The van der Waals surface area contributed by atoms with Gasteiger partial charge in [0.2, 0.25) is 5.91 Å². The number of carbonyl (C=O) groups is 3. The Bertz CT molecular complexity index is 527. The molecule has 0 spiro atoms. The zero-order valence-electron chi connectivity index (χ0n) is 10.7. The molecule has 0 radical (unpaired) electrons. The lowest BCUT2D eigenvalue weighted by Gasteiger charge is -2.19. The summed E-state index contributed by atoms with van der Waals surface area (Å²) in [6.07, 6.45) is 1.59. The number of amides is 2. The lowest BCUT2D eigenvalue weighted by Crippen LogP contribution is -2.51. The largest absolute Gasteiger partial charge is 0.480 e. The number of carboxylic acid groups (broad SMARTS) is 1. The van der Waals surface area contributed by atoms with Crippen molar-refractivity contribution in [3.8, 4) is 0 Å². The van der Waals surface area contributed by atoms with E-state index in [2.05, 4.69) is 5.32 Å². The van der Waals surface area contributed by atoms with Crippen LogP contribution in [0.3, 0.4) is 0 Å². The molecule has 0 aliphatic carbocycles. The van der Waals surface area contributed by atoms with Crippen LogP contribution in [0.5, 0.6) is 0 Å². The van der Waals surface area contributed by atoms with Crippen LogP contribution in [0.4, 0.5) is 0 Å². The summed E-state index contributed by atoms with van der Waals surface area (Å²) in [4.78, 5) is 35.8. The van der Waals surface area contributed by atoms with E-state index in [0.29, 0.717) is 6.54 Å². The topological polar surface area (TPSA) is 126 Å². The summed E-state index contributed by atoms with van der Waals surface area (Å²) in [5.74, 6) is -2.21. The Morgan fingerprint density at radius 1 is 1.50 bits per heavy atom. The molecule has 1 aromatic rings. The maximum atomic E-state index is 11.7. The third-order valence-electron chi connectivity index (χ3n) is 3.17. The predicted molar refractivity (Wildman–Crippen MR) is 66.8 cm³/mol. The SMILES string of the molecule is NC1(C(=O)O)CCN(CC(=O)NC(=O)c2ccco2)C1. The minimum Gasteiger partial charge on any atom is -0.480 e. The summed E-state index contributed by atoms with van der Waals surface area (Å²) in [5, 5.41) is 11.1. The number of furan rings is 1. The molecule has 0 bridgehead atoms. The number of carboxylic acids is 1. The van der Waals surface area contributed by atoms with Gasteiger partial charge in [-0.15, -0.1) is 0 Å². The zero-order chi connectivity index (χ0) is 14.8. The van der Waals surface area contributed by atoms with Crippen molar-refractivity contribution in [2.75, 3.05) is 19.6 Å². The highest BCUT2D eigenvalue weighted by atomic mass is 16.4. The van der Waals surface area contributed by atoms with Crippen molar-refractivity contribution in [2.45, 2.75) is 12.0 Å². The molecule has 2 amide bonds. The standard InChI is InChI=1S/C12H15N3O5/c13-12(11(18)19)3-4-15(7-12)6-9(16)14-10(17)8-2-1-5-20-8/h1-2,5H,3-4,6-7,13H2,(H,18,19)(H,14,16,17). The van der Waals surface area contributed by atoms with E-state index in [1.807, 2.05) is 0 Å². The molecular formula is C12H15N3O5. The van der Waals surface area contributed by atoms with Crippen molar-refractivity contribution in [2.24, 2.45) is 5.73 Å². The van der Waals surface area contributed by atoms with Gasteiger partial charge in [0.15, 0.2) is 5.76 Å². The molecule has 1 fully saturated rings. The van der Waals surface area contributed by atoms with Gasteiger partial charge in [0, 0.05) is 13.1 Å². The smallest absolute Gasteiger partial charge is 0.325 e. The summed E-state index contributed by atoms with van der Waals surface area (Å²) in [5.41, 5.74) is 4.36. The summed E-state index contributed by atoms with van der Waals surface area (Å²) >= 11 is 0. The van der Waals surface area contributed by atoms with Crippen LogP contribution in [-0.2, 0) is 9.59 Å². The third-order valence-corrected chi connectivity index (χ3v) is 3.17. The fraction of sp³-hybridized carbons (Fsp3) is 0.417. The Morgan fingerprint density at radius 3 is 2.80 bits per heavy atom. The van der Waals surface area contributed by atoms with Crippen molar-refractivity contribution in [1.82, 2.24) is 10.2 Å². The highest BCUT2D eigenvalue weighted by Crippen LogP contribution is 2.18. The Balaban J connectivity index is 1.84. The average molecular weight is 281 g/mol. The average Bonchev–Trinajstić information content (AvgIpc) is 2.99. The number of carbonyl (C=O) groups excluding carboxylic acids is 2. The molecular weight excluding hydrogens is 266 g/mol. The molecule has 8 nitrogen and oxygen atoms in total. The second kappa shape index (κ2) is 5.43. The van der Waals surface area contributed by atoms with Crippen LogP contribution < -0.4 is 11.1 Å². The van der Waals surface area contributed by atoms with Gasteiger partial charge in [-0.3, -0.25) is 24.6 Å². The van der Waals surface area contributed by atoms with E-state index in [-0.39, 0.29) is 25.3 Å². The molecule has 1 aliphatic rings. The van der Waals surface area contributed by atoms with Gasteiger partial charge in [0.1, 0.15) is 5.54 Å². The Kier molecular flexibility index (Phi) is 3.86. The van der Waals surface area contributed by atoms with Crippen molar-refractivity contribution in [3.05, 3.63) is 24.2 Å². The number of rotatable bonds is 4. The van der Waals surface area contributed by atoms with Gasteiger partial charge in [-0.2, -0.15) is 0 Å². The summed E-state index contributed by atoms with van der Waals surface area (Å²) in [6, 6.07) is 2.98. The fourth-order valence-electron chi connectivity index (χ4n) is 2.06. The van der Waals surface area contributed by atoms with E-state index in [4.69, 9.17) is 15.3 Å². The van der Waals surface area contributed by atoms with E-state index in [0.717, 1.165) is 0 Å². The number of nitrogens with zero attached hydrogens (tertiary/aromatic N) is 1. The summed E-state index contributed by atoms with van der Waals surface area (Å²) in [7, 11) is 0. The van der Waals surface area contributed by atoms with Crippen molar-refractivity contribution in [1.29, 1.82) is 0 Å². The van der Waals surface area contributed by atoms with Crippen LogP contribution in [0.15, 0.2) is 22.8 Å². The molecule has 1 saturated heterocycles. The van der Waals surface area contributed by atoms with Crippen LogP contribution in [0.1, 0.15) is 17.0 Å². The molecule has 1 aliphatic heterocycles. The first-order valence-electron chi connectivity index (χ1n) is 6.03. The molecule has 1 aromatic heterocycles. The van der Waals surface area contributed by atoms with E-state index < -0.39 is 23.3 Å². The summed E-state index contributed by atoms with van der Waals surface area (Å²) < 4.78 is 4.86. The molecule has 0 aromatic carbocycles. The molecule has 108 valence electrons. The molecule has 8 heteroatoms. The first-order valence-corrected chi connectivity index (χ1v) is 6.03. The third kappa shape index (κ3) is 3.03. The summed E-state index contributed by atoms with van der Waals surface area (Å²) in [6.45, 7) is 0.383. The quantitative estimate of drug-likeness (QED) is 0.647. The number of hydrogen-bond acceptors (Lipinski definition) is 6. The minimum atomic E-state index is -1.33. The molecule has 4 N–H and O–H groups in total. The van der Waals surface area contributed by atoms with Crippen LogP contribution in [0.2, 0.25) is 0 Å². The number of hydrogen-bond donors (Lipinski definition) is 3. The number of nitrogens with two attached hydrogens (primary N) is 1. The number of aliphatic carboxylic acids is 1. The number of imide groups is 1.